The predicted molar refractivity (Wildman–Crippen MR) is 81.7 cm³/mol. The van der Waals surface area contributed by atoms with Gasteiger partial charge in [0.25, 0.3) is 0 Å². The summed E-state index contributed by atoms with van der Waals surface area (Å²) in [4.78, 5) is 3.11. The molecule has 1 aliphatic rings. The summed E-state index contributed by atoms with van der Waals surface area (Å²) >= 11 is 0. The summed E-state index contributed by atoms with van der Waals surface area (Å²) in [5, 5.41) is 0. The van der Waals surface area contributed by atoms with E-state index in [1.165, 1.54) is 11.1 Å². The topological polar surface area (TPSA) is 0 Å². The van der Waals surface area contributed by atoms with Crippen molar-refractivity contribution in [2.75, 3.05) is 6.26 Å². The molecule has 18 heavy (non-hydrogen) atoms. The third-order valence-electron chi connectivity index (χ3n) is 4.17. The van der Waals surface area contributed by atoms with Gasteiger partial charge >= 0.3 is 0 Å². The molecule has 2 aromatic carbocycles. The van der Waals surface area contributed by atoms with E-state index in [4.69, 9.17) is 0 Å². The zero-order chi connectivity index (χ0) is 13.0. The van der Waals surface area contributed by atoms with Gasteiger partial charge in [0.05, 0.1) is 0 Å². The highest BCUT2D eigenvalue weighted by molar-refractivity contribution is 8.34. The molecule has 0 N–H and O–H groups in total. The van der Waals surface area contributed by atoms with Gasteiger partial charge in [0.15, 0.2) is 0 Å². The van der Waals surface area contributed by atoms with Crippen LogP contribution in [0.1, 0.15) is 20.8 Å². The van der Waals surface area contributed by atoms with Crippen LogP contribution in [0.15, 0.2) is 58.3 Å². The second kappa shape index (κ2) is 3.64. The van der Waals surface area contributed by atoms with Gasteiger partial charge in [-0.05, 0) is 34.3 Å². The van der Waals surface area contributed by atoms with E-state index in [0.717, 1.165) is 0 Å². The first kappa shape index (κ1) is 11.9. The Morgan fingerprint density at radius 1 is 0.722 bits per heavy atom. The van der Waals surface area contributed by atoms with Gasteiger partial charge in [-0.25, -0.2) is 0 Å². The lowest BCUT2D eigenvalue weighted by Crippen LogP contribution is -2.23. The highest BCUT2D eigenvalue weighted by atomic mass is 32.3. The quantitative estimate of drug-likeness (QED) is 0.598. The molecule has 2 aromatic rings. The number of fused-ring (bicyclic) bond motifs is 3. The molecule has 0 fully saturated rings. The van der Waals surface area contributed by atoms with E-state index < -0.39 is 10.0 Å². The highest BCUT2D eigenvalue weighted by Gasteiger charge is 2.42. The Morgan fingerprint density at radius 2 is 1.11 bits per heavy atom. The molecule has 0 atom stereocenters. The standard InChI is InChI=1S/C17H20S/c1-17(2,3)18(4)15-11-7-5-9-13(15)14-10-6-8-12-16(14)18/h5-12H,1-4H3. The van der Waals surface area contributed by atoms with Gasteiger partial charge in [-0.3, -0.25) is 0 Å². The molecule has 1 heteroatoms. The largest absolute Gasteiger partial charge is 0.184 e. The summed E-state index contributed by atoms with van der Waals surface area (Å²) in [6.45, 7) is 7.13. The Bertz CT molecular complexity index is 560. The molecule has 0 radical (unpaired) electrons. The molecule has 1 aliphatic heterocycles. The van der Waals surface area contributed by atoms with Crippen molar-refractivity contribution in [3.8, 4) is 11.1 Å². The molecular formula is C17H20S. The molecule has 0 unspecified atom stereocenters. The first-order chi connectivity index (χ1) is 8.46. The van der Waals surface area contributed by atoms with Crippen LogP contribution in [0.2, 0.25) is 0 Å². The fraction of sp³-hybridized carbons (Fsp3) is 0.294. The van der Waals surface area contributed by atoms with Gasteiger partial charge in [0, 0.05) is 9.79 Å². The van der Waals surface area contributed by atoms with E-state index >= 15 is 0 Å². The lowest BCUT2D eigenvalue weighted by atomic mass is 10.1. The average molecular weight is 256 g/mol. The van der Waals surface area contributed by atoms with E-state index in [2.05, 4.69) is 75.6 Å². The molecule has 0 spiro atoms. The van der Waals surface area contributed by atoms with E-state index in [0.29, 0.717) is 0 Å². The SMILES string of the molecule is CC(C)(C)S1(C)c2ccccc2-c2ccccc21. The first-order valence-electron chi connectivity index (χ1n) is 6.43. The maximum absolute atomic E-state index is 2.47. The van der Waals surface area contributed by atoms with Gasteiger partial charge < -0.3 is 0 Å². The zero-order valence-corrected chi connectivity index (χ0v) is 12.3. The summed E-state index contributed by atoms with van der Waals surface area (Å²) in [5.74, 6) is 0. The normalized spacial score (nSPS) is 18.0. The molecule has 3 rings (SSSR count). The van der Waals surface area contributed by atoms with Crippen molar-refractivity contribution in [3.63, 3.8) is 0 Å². The van der Waals surface area contributed by atoms with Gasteiger partial charge in [-0.1, -0.05) is 57.2 Å². The van der Waals surface area contributed by atoms with Crippen LogP contribution in [0.3, 0.4) is 0 Å². The molecular weight excluding hydrogens is 236 g/mol. The summed E-state index contributed by atoms with van der Waals surface area (Å²) in [6, 6.07) is 17.9. The minimum atomic E-state index is -0.939. The van der Waals surface area contributed by atoms with Crippen molar-refractivity contribution >= 4 is 10.0 Å². The van der Waals surface area contributed by atoms with Crippen LogP contribution in [0.4, 0.5) is 0 Å². The van der Waals surface area contributed by atoms with Gasteiger partial charge in [-0.2, -0.15) is 10.0 Å². The monoisotopic (exact) mass is 256 g/mol. The molecule has 0 aliphatic carbocycles. The van der Waals surface area contributed by atoms with Crippen LogP contribution < -0.4 is 0 Å². The maximum atomic E-state index is 2.47. The highest BCUT2D eigenvalue weighted by Crippen LogP contribution is 2.75. The van der Waals surface area contributed by atoms with E-state index in [-0.39, 0.29) is 4.75 Å². The molecule has 0 bridgehead atoms. The predicted octanol–water partition coefficient (Wildman–Crippen LogP) is 5.32. The van der Waals surface area contributed by atoms with Crippen molar-refractivity contribution in [1.82, 2.24) is 0 Å². The summed E-state index contributed by atoms with van der Waals surface area (Å²) < 4.78 is 0.287. The van der Waals surface area contributed by atoms with Crippen LogP contribution in [0, 0.1) is 0 Å². The molecule has 0 aromatic heterocycles. The van der Waals surface area contributed by atoms with Crippen LogP contribution in [-0.2, 0) is 0 Å². The van der Waals surface area contributed by atoms with E-state index in [1.807, 2.05) is 0 Å². The Balaban J connectivity index is 2.41. The van der Waals surface area contributed by atoms with Gasteiger partial charge in [0.2, 0.25) is 0 Å². The van der Waals surface area contributed by atoms with Gasteiger partial charge in [-0.15, -0.1) is 0 Å². The second-order valence-electron chi connectivity index (χ2n) is 6.02. The van der Waals surface area contributed by atoms with Crippen molar-refractivity contribution in [2.45, 2.75) is 35.3 Å². The third kappa shape index (κ3) is 1.34. The smallest absolute Gasteiger partial charge is 0.00224 e. The second-order valence-corrected chi connectivity index (χ2v) is 9.96. The Labute approximate surface area is 111 Å². The van der Waals surface area contributed by atoms with Crippen LogP contribution in [-0.4, -0.2) is 11.0 Å². The fourth-order valence-electron chi connectivity index (χ4n) is 2.87. The van der Waals surface area contributed by atoms with Crippen molar-refractivity contribution in [1.29, 1.82) is 0 Å². The summed E-state index contributed by atoms with van der Waals surface area (Å²) in [6.07, 6.45) is 2.47. The zero-order valence-electron chi connectivity index (χ0n) is 11.5. The molecule has 94 valence electrons. The van der Waals surface area contributed by atoms with E-state index in [9.17, 15) is 0 Å². The first-order valence-corrected chi connectivity index (χ1v) is 8.47. The Morgan fingerprint density at radius 3 is 1.50 bits per heavy atom. The van der Waals surface area contributed by atoms with Crippen molar-refractivity contribution in [3.05, 3.63) is 48.5 Å². The molecule has 0 amide bonds. The van der Waals surface area contributed by atoms with Crippen LogP contribution in [0.25, 0.3) is 11.1 Å². The number of hydrogen-bond acceptors (Lipinski definition) is 0. The lowest BCUT2D eigenvalue weighted by molar-refractivity contribution is 0.784. The van der Waals surface area contributed by atoms with Crippen molar-refractivity contribution in [2.24, 2.45) is 0 Å². The summed E-state index contributed by atoms with van der Waals surface area (Å²) in [5.41, 5.74) is 2.89. The molecule has 0 saturated carbocycles. The molecule has 0 saturated heterocycles. The fourth-order valence-corrected chi connectivity index (χ4v) is 6.36. The average Bonchev–Trinajstić information content (AvgIpc) is 2.62. The Kier molecular flexibility index (Phi) is 2.40. The number of hydrogen-bond donors (Lipinski definition) is 0. The summed E-state index contributed by atoms with van der Waals surface area (Å²) in [7, 11) is -0.939. The third-order valence-corrected chi connectivity index (χ3v) is 9.09. The van der Waals surface area contributed by atoms with Crippen LogP contribution in [0.5, 0.6) is 0 Å². The lowest BCUT2D eigenvalue weighted by Gasteiger charge is -2.46. The minimum absolute atomic E-state index is 0.287. The Hall–Kier alpha value is -1.21. The van der Waals surface area contributed by atoms with Crippen molar-refractivity contribution < 1.29 is 0 Å². The number of benzene rings is 2. The number of rotatable bonds is 0. The van der Waals surface area contributed by atoms with E-state index in [1.54, 1.807) is 9.79 Å². The molecule has 1 heterocycles. The van der Waals surface area contributed by atoms with Gasteiger partial charge in [0.1, 0.15) is 0 Å². The molecule has 0 nitrogen and oxygen atoms in total. The maximum Gasteiger partial charge on any atom is 0.00224 e. The minimum Gasteiger partial charge on any atom is -0.184 e. The van der Waals surface area contributed by atoms with Crippen LogP contribution >= 0.6 is 10.0 Å².